The van der Waals surface area contributed by atoms with Gasteiger partial charge in [-0.3, -0.25) is 9.59 Å². The predicted octanol–water partition coefficient (Wildman–Crippen LogP) is 1.24. The Morgan fingerprint density at radius 3 is 2.40 bits per heavy atom. The lowest BCUT2D eigenvalue weighted by Crippen LogP contribution is -2.41. The third kappa shape index (κ3) is 4.65. The van der Waals surface area contributed by atoms with E-state index >= 15 is 0 Å². The molecule has 2 unspecified atom stereocenters. The number of carboxylic acids is 2. The minimum Gasteiger partial charge on any atom is -0.481 e. The Bertz CT molecular complexity index is 469. The van der Waals surface area contributed by atoms with Crippen molar-refractivity contribution in [1.29, 1.82) is 0 Å². The van der Waals surface area contributed by atoms with Crippen LogP contribution in [0.5, 0.6) is 0 Å². The summed E-state index contributed by atoms with van der Waals surface area (Å²) in [5.41, 5.74) is 0.288. The Balaban J connectivity index is 2.71. The molecule has 0 aliphatic rings. The summed E-state index contributed by atoms with van der Waals surface area (Å²) in [6.07, 6.45) is 0.430. The van der Waals surface area contributed by atoms with Crippen LogP contribution in [0.25, 0.3) is 0 Å². The first-order valence-electron chi connectivity index (χ1n) is 6.43. The van der Waals surface area contributed by atoms with Crippen molar-refractivity contribution in [3.63, 3.8) is 0 Å². The normalized spacial score (nSPS) is 14.2. The summed E-state index contributed by atoms with van der Waals surface area (Å²) in [6.45, 7) is 5.48. The topological polar surface area (TPSA) is 113 Å². The van der Waals surface area contributed by atoms with Crippen molar-refractivity contribution in [3.8, 4) is 0 Å². The Morgan fingerprint density at radius 2 is 2.00 bits per heavy atom. The second-order valence-electron chi connectivity index (χ2n) is 5.18. The van der Waals surface area contributed by atoms with E-state index in [0.717, 1.165) is 0 Å². The van der Waals surface area contributed by atoms with Gasteiger partial charge in [-0.05, 0) is 19.3 Å². The van der Waals surface area contributed by atoms with E-state index in [4.69, 9.17) is 9.63 Å². The molecule has 112 valence electrons. The van der Waals surface area contributed by atoms with Gasteiger partial charge in [0.2, 0.25) is 0 Å². The van der Waals surface area contributed by atoms with E-state index < -0.39 is 23.9 Å². The number of aliphatic carboxylic acids is 2. The Labute approximate surface area is 117 Å². The largest absolute Gasteiger partial charge is 0.481 e. The lowest BCUT2D eigenvalue weighted by Gasteiger charge is -2.18. The minimum atomic E-state index is -1.07. The standard InChI is InChI=1S/C13H20N2O5/c1-7(2)4-11(13(18)19)14-6-9(12(16)17)10-5-8(3)20-15-10/h5,7,9,11,14H,4,6H2,1-3H3,(H,16,17)(H,18,19). The van der Waals surface area contributed by atoms with Gasteiger partial charge in [0.25, 0.3) is 0 Å². The zero-order valence-corrected chi connectivity index (χ0v) is 11.8. The first-order chi connectivity index (χ1) is 9.31. The number of carboxylic acid groups (broad SMARTS) is 2. The van der Waals surface area contributed by atoms with Crippen LogP contribution in [0.2, 0.25) is 0 Å². The van der Waals surface area contributed by atoms with Gasteiger partial charge in [-0.25, -0.2) is 0 Å². The van der Waals surface area contributed by atoms with Crippen LogP contribution in [0.1, 0.15) is 37.6 Å². The average Bonchev–Trinajstić information content (AvgIpc) is 2.73. The molecule has 0 saturated heterocycles. The van der Waals surface area contributed by atoms with Crippen LogP contribution in [0.15, 0.2) is 10.6 Å². The van der Waals surface area contributed by atoms with Gasteiger partial charge in [-0.2, -0.15) is 0 Å². The molecule has 7 nitrogen and oxygen atoms in total. The van der Waals surface area contributed by atoms with E-state index in [2.05, 4.69) is 10.5 Å². The van der Waals surface area contributed by atoms with Gasteiger partial charge in [-0.1, -0.05) is 19.0 Å². The molecule has 1 heterocycles. The molecule has 1 rings (SSSR count). The molecule has 0 spiro atoms. The van der Waals surface area contributed by atoms with Crippen LogP contribution in [-0.2, 0) is 9.59 Å². The summed E-state index contributed by atoms with van der Waals surface area (Å²) < 4.78 is 4.86. The van der Waals surface area contributed by atoms with Gasteiger partial charge in [0.1, 0.15) is 17.7 Å². The molecule has 0 aromatic carbocycles. The number of carbonyl (C=O) groups is 2. The summed E-state index contributed by atoms with van der Waals surface area (Å²) >= 11 is 0. The fourth-order valence-corrected chi connectivity index (χ4v) is 1.87. The molecule has 1 aromatic rings. The van der Waals surface area contributed by atoms with Gasteiger partial charge in [0, 0.05) is 12.6 Å². The molecule has 0 saturated carbocycles. The van der Waals surface area contributed by atoms with Crippen LogP contribution >= 0.6 is 0 Å². The Morgan fingerprint density at radius 1 is 1.35 bits per heavy atom. The SMILES string of the molecule is Cc1cc(C(CNC(CC(C)C)C(=O)O)C(=O)O)no1. The first-order valence-corrected chi connectivity index (χ1v) is 6.43. The highest BCUT2D eigenvalue weighted by atomic mass is 16.5. The molecule has 1 aromatic heterocycles. The molecule has 0 bridgehead atoms. The molecule has 0 amide bonds. The van der Waals surface area contributed by atoms with Crippen molar-refractivity contribution in [1.82, 2.24) is 10.5 Å². The van der Waals surface area contributed by atoms with Crippen LogP contribution in [-0.4, -0.2) is 39.9 Å². The van der Waals surface area contributed by atoms with E-state index in [1.165, 1.54) is 0 Å². The van der Waals surface area contributed by atoms with Gasteiger partial charge < -0.3 is 20.1 Å². The second kappa shape index (κ2) is 7.04. The third-order valence-corrected chi connectivity index (χ3v) is 2.87. The number of nitrogens with zero attached hydrogens (tertiary/aromatic N) is 1. The van der Waals surface area contributed by atoms with E-state index in [-0.39, 0.29) is 18.2 Å². The second-order valence-corrected chi connectivity index (χ2v) is 5.18. The van der Waals surface area contributed by atoms with Gasteiger partial charge in [-0.15, -0.1) is 0 Å². The zero-order chi connectivity index (χ0) is 15.3. The van der Waals surface area contributed by atoms with E-state index in [9.17, 15) is 14.7 Å². The summed E-state index contributed by atoms with van der Waals surface area (Å²) in [5.74, 6) is -2.27. The number of aromatic nitrogens is 1. The number of hydrogen-bond donors (Lipinski definition) is 3. The van der Waals surface area contributed by atoms with Crippen molar-refractivity contribution in [2.75, 3.05) is 6.54 Å². The molecule has 20 heavy (non-hydrogen) atoms. The van der Waals surface area contributed by atoms with Crippen LogP contribution in [0, 0.1) is 12.8 Å². The van der Waals surface area contributed by atoms with Gasteiger partial charge in [0.05, 0.1) is 5.69 Å². The minimum absolute atomic E-state index is 0.00894. The summed E-state index contributed by atoms with van der Waals surface area (Å²) in [7, 11) is 0. The van der Waals surface area contributed by atoms with Crippen LogP contribution in [0.4, 0.5) is 0 Å². The third-order valence-electron chi connectivity index (χ3n) is 2.87. The summed E-state index contributed by atoms with van der Waals surface area (Å²) in [5, 5.41) is 24.8. The molecular weight excluding hydrogens is 264 g/mol. The fourth-order valence-electron chi connectivity index (χ4n) is 1.87. The maximum absolute atomic E-state index is 11.2. The van der Waals surface area contributed by atoms with E-state index in [0.29, 0.717) is 12.2 Å². The van der Waals surface area contributed by atoms with Crippen molar-refractivity contribution >= 4 is 11.9 Å². The number of aryl methyl sites for hydroxylation is 1. The van der Waals surface area contributed by atoms with Gasteiger partial charge in [0.15, 0.2) is 0 Å². The molecule has 0 fully saturated rings. The quantitative estimate of drug-likeness (QED) is 0.658. The van der Waals surface area contributed by atoms with Crippen LogP contribution in [0.3, 0.4) is 0 Å². The molecule has 0 aliphatic carbocycles. The van der Waals surface area contributed by atoms with Crippen molar-refractivity contribution in [3.05, 3.63) is 17.5 Å². The molecule has 3 N–H and O–H groups in total. The van der Waals surface area contributed by atoms with Gasteiger partial charge >= 0.3 is 11.9 Å². The molecule has 2 atom stereocenters. The van der Waals surface area contributed by atoms with E-state index in [1.54, 1.807) is 13.0 Å². The van der Waals surface area contributed by atoms with Crippen molar-refractivity contribution in [2.45, 2.75) is 39.2 Å². The number of hydrogen-bond acceptors (Lipinski definition) is 5. The van der Waals surface area contributed by atoms with E-state index in [1.807, 2.05) is 13.8 Å². The fraction of sp³-hybridized carbons (Fsp3) is 0.615. The monoisotopic (exact) mass is 284 g/mol. The van der Waals surface area contributed by atoms with Crippen molar-refractivity contribution in [2.24, 2.45) is 5.92 Å². The summed E-state index contributed by atoms with van der Waals surface area (Å²) in [4.78, 5) is 22.4. The Kier molecular flexibility index (Phi) is 5.69. The lowest BCUT2D eigenvalue weighted by atomic mass is 10.0. The highest BCUT2D eigenvalue weighted by molar-refractivity contribution is 5.76. The Hall–Kier alpha value is -1.89. The maximum Gasteiger partial charge on any atom is 0.320 e. The molecule has 0 radical (unpaired) electrons. The van der Waals surface area contributed by atoms with Crippen LogP contribution < -0.4 is 5.32 Å². The highest BCUT2D eigenvalue weighted by Crippen LogP contribution is 2.16. The first kappa shape index (κ1) is 16.2. The smallest absolute Gasteiger partial charge is 0.320 e. The zero-order valence-electron chi connectivity index (χ0n) is 11.8. The average molecular weight is 284 g/mol. The molecule has 0 aliphatic heterocycles. The highest BCUT2D eigenvalue weighted by Gasteiger charge is 2.26. The molecular formula is C13H20N2O5. The lowest BCUT2D eigenvalue weighted by molar-refractivity contribution is -0.142. The molecule has 7 heteroatoms. The van der Waals surface area contributed by atoms with Crippen molar-refractivity contribution < 1.29 is 24.3 Å². The number of nitrogens with one attached hydrogen (secondary N) is 1. The number of rotatable bonds is 8. The maximum atomic E-state index is 11.2. The summed E-state index contributed by atoms with van der Waals surface area (Å²) in [6, 6.07) is 0.767. The predicted molar refractivity (Wildman–Crippen MR) is 70.5 cm³/mol.